The molecule has 6 heteroatoms. The lowest BCUT2D eigenvalue weighted by atomic mass is 10.0. The highest BCUT2D eigenvalue weighted by molar-refractivity contribution is 6.00. The number of carbonyl (C=O) groups is 2. The van der Waals surface area contributed by atoms with E-state index in [0.29, 0.717) is 12.1 Å². The number of rotatable bonds is 6. The van der Waals surface area contributed by atoms with Crippen LogP contribution in [0.15, 0.2) is 48.8 Å². The van der Waals surface area contributed by atoms with Crippen LogP contribution in [0.1, 0.15) is 44.0 Å². The number of hydrogen-bond acceptors (Lipinski definition) is 4. The number of carbonyl (C=O) groups excluding carboxylic acids is 2. The quantitative estimate of drug-likeness (QED) is 0.806. The molecule has 1 aliphatic rings. The Morgan fingerprint density at radius 3 is 2.61 bits per heavy atom. The Labute approximate surface area is 165 Å². The van der Waals surface area contributed by atoms with Crippen LogP contribution in [0.25, 0.3) is 11.1 Å². The van der Waals surface area contributed by atoms with Gasteiger partial charge in [0.2, 0.25) is 5.91 Å². The van der Waals surface area contributed by atoms with E-state index in [-0.39, 0.29) is 17.9 Å². The maximum Gasteiger partial charge on any atom is 0.252 e. The van der Waals surface area contributed by atoms with Gasteiger partial charge in [-0.2, -0.15) is 0 Å². The lowest BCUT2D eigenvalue weighted by Gasteiger charge is -2.28. The molecule has 1 aromatic heterocycles. The third kappa shape index (κ3) is 4.95. The van der Waals surface area contributed by atoms with E-state index in [1.807, 2.05) is 51.1 Å². The van der Waals surface area contributed by atoms with Crippen molar-refractivity contribution in [2.24, 2.45) is 0 Å². The van der Waals surface area contributed by atoms with Crippen LogP contribution in [0.4, 0.5) is 0 Å². The molecule has 2 aromatic rings. The number of pyridine rings is 1. The zero-order valence-corrected chi connectivity index (χ0v) is 16.6. The summed E-state index contributed by atoms with van der Waals surface area (Å²) in [5.41, 5.74) is 1.66. The van der Waals surface area contributed by atoms with E-state index in [2.05, 4.69) is 15.6 Å². The Kier molecular flexibility index (Phi) is 6.09. The first kappa shape index (κ1) is 20.0. The highest BCUT2D eigenvalue weighted by Gasteiger charge is 2.31. The average molecular weight is 381 g/mol. The molecule has 6 nitrogen and oxygen atoms in total. The van der Waals surface area contributed by atoms with Gasteiger partial charge in [-0.25, -0.2) is 0 Å². The second kappa shape index (κ2) is 8.52. The van der Waals surface area contributed by atoms with Gasteiger partial charge in [-0.15, -0.1) is 0 Å². The van der Waals surface area contributed by atoms with Crippen LogP contribution in [-0.2, 0) is 9.53 Å². The average Bonchev–Trinajstić information content (AvgIpc) is 3.13. The Hall–Kier alpha value is -2.73. The highest BCUT2D eigenvalue weighted by atomic mass is 16.5. The van der Waals surface area contributed by atoms with Crippen molar-refractivity contribution < 1.29 is 14.3 Å². The molecular formula is C22H27N3O3. The number of aromatic nitrogens is 1. The number of nitrogens with zero attached hydrogens (tertiary/aromatic N) is 1. The first-order valence-electron chi connectivity index (χ1n) is 9.61. The summed E-state index contributed by atoms with van der Waals surface area (Å²) in [6.45, 7) is 6.04. The fourth-order valence-corrected chi connectivity index (χ4v) is 3.29. The molecule has 0 bridgehead atoms. The van der Waals surface area contributed by atoms with E-state index >= 15 is 0 Å². The van der Waals surface area contributed by atoms with Gasteiger partial charge < -0.3 is 15.4 Å². The van der Waals surface area contributed by atoms with E-state index < -0.39 is 11.6 Å². The molecule has 0 spiro atoms. The van der Waals surface area contributed by atoms with Gasteiger partial charge in [0.25, 0.3) is 5.91 Å². The molecular weight excluding hydrogens is 354 g/mol. The number of nitrogens with one attached hydrogen (secondary N) is 2. The van der Waals surface area contributed by atoms with Crippen molar-refractivity contribution in [1.82, 2.24) is 15.6 Å². The molecule has 2 N–H and O–H groups in total. The molecule has 1 fully saturated rings. The van der Waals surface area contributed by atoms with E-state index in [9.17, 15) is 9.59 Å². The molecule has 2 unspecified atom stereocenters. The molecule has 1 saturated heterocycles. The van der Waals surface area contributed by atoms with Gasteiger partial charge in [0.1, 0.15) is 6.10 Å². The standard InChI is InChI=1S/C22H27N3O3/c1-15-9-10-19(28-15)21(27)25-22(2,3)14-24-20(26)17-11-12-23-13-18(17)16-7-5-4-6-8-16/h4-8,11-13,15,19H,9-10,14H2,1-3H3,(H,24,26)(H,25,27). The van der Waals surface area contributed by atoms with Gasteiger partial charge in [0, 0.05) is 24.5 Å². The molecule has 0 saturated carbocycles. The maximum absolute atomic E-state index is 12.8. The summed E-state index contributed by atoms with van der Waals surface area (Å²) in [5.74, 6) is -0.327. The Balaban J connectivity index is 1.63. The van der Waals surface area contributed by atoms with Crippen LogP contribution in [0, 0.1) is 0 Å². The number of hydrogen-bond donors (Lipinski definition) is 2. The minimum atomic E-state index is -0.595. The zero-order valence-electron chi connectivity index (χ0n) is 16.6. The van der Waals surface area contributed by atoms with Crippen LogP contribution < -0.4 is 10.6 Å². The molecule has 0 radical (unpaired) electrons. The summed E-state index contributed by atoms with van der Waals surface area (Å²) >= 11 is 0. The van der Waals surface area contributed by atoms with Gasteiger partial charge in [0.05, 0.1) is 17.2 Å². The Morgan fingerprint density at radius 1 is 1.18 bits per heavy atom. The molecule has 2 heterocycles. The second-order valence-electron chi connectivity index (χ2n) is 7.86. The predicted molar refractivity (Wildman–Crippen MR) is 108 cm³/mol. The fraction of sp³-hybridized carbons (Fsp3) is 0.409. The van der Waals surface area contributed by atoms with E-state index in [1.54, 1.807) is 18.5 Å². The van der Waals surface area contributed by atoms with E-state index in [0.717, 1.165) is 24.0 Å². The lowest BCUT2D eigenvalue weighted by Crippen LogP contribution is -2.54. The normalized spacial score (nSPS) is 19.2. The van der Waals surface area contributed by atoms with Crippen LogP contribution in [0.5, 0.6) is 0 Å². The van der Waals surface area contributed by atoms with E-state index in [4.69, 9.17) is 4.74 Å². The summed E-state index contributed by atoms with van der Waals surface area (Å²) in [6.07, 6.45) is 4.62. The molecule has 28 heavy (non-hydrogen) atoms. The van der Waals surface area contributed by atoms with Crippen molar-refractivity contribution in [3.8, 4) is 11.1 Å². The third-order valence-electron chi connectivity index (χ3n) is 4.83. The Morgan fingerprint density at radius 2 is 1.93 bits per heavy atom. The molecule has 2 amide bonds. The largest absolute Gasteiger partial charge is 0.365 e. The zero-order chi connectivity index (χ0) is 20.1. The van der Waals surface area contributed by atoms with Crippen molar-refractivity contribution in [2.75, 3.05) is 6.54 Å². The fourth-order valence-electron chi connectivity index (χ4n) is 3.29. The highest BCUT2D eigenvalue weighted by Crippen LogP contribution is 2.23. The lowest BCUT2D eigenvalue weighted by molar-refractivity contribution is -0.133. The SMILES string of the molecule is CC1CCC(C(=O)NC(C)(C)CNC(=O)c2ccncc2-c2ccccc2)O1. The summed E-state index contributed by atoms with van der Waals surface area (Å²) in [5, 5.41) is 5.91. The second-order valence-corrected chi connectivity index (χ2v) is 7.86. The summed E-state index contributed by atoms with van der Waals surface area (Å²) in [7, 11) is 0. The van der Waals surface area contributed by atoms with Gasteiger partial charge in [-0.3, -0.25) is 14.6 Å². The summed E-state index contributed by atoms with van der Waals surface area (Å²) in [4.78, 5) is 29.3. The Bertz CT molecular complexity index is 836. The van der Waals surface area contributed by atoms with Gasteiger partial charge >= 0.3 is 0 Å². The maximum atomic E-state index is 12.8. The van der Waals surface area contributed by atoms with Crippen molar-refractivity contribution in [3.63, 3.8) is 0 Å². The first-order chi connectivity index (χ1) is 13.4. The first-order valence-corrected chi connectivity index (χ1v) is 9.61. The van der Waals surface area contributed by atoms with Crippen LogP contribution in [-0.4, -0.2) is 41.1 Å². The predicted octanol–water partition coefficient (Wildman–Crippen LogP) is 2.94. The van der Waals surface area contributed by atoms with Gasteiger partial charge in [-0.05, 0) is 45.2 Å². The van der Waals surface area contributed by atoms with Crippen molar-refractivity contribution in [2.45, 2.75) is 51.4 Å². The van der Waals surface area contributed by atoms with Gasteiger partial charge in [0.15, 0.2) is 0 Å². The van der Waals surface area contributed by atoms with Gasteiger partial charge in [-0.1, -0.05) is 30.3 Å². The van der Waals surface area contributed by atoms with Crippen LogP contribution in [0.3, 0.4) is 0 Å². The molecule has 0 aliphatic carbocycles. The monoisotopic (exact) mass is 381 g/mol. The summed E-state index contributed by atoms with van der Waals surface area (Å²) in [6, 6.07) is 11.4. The molecule has 1 aromatic carbocycles. The van der Waals surface area contributed by atoms with Crippen molar-refractivity contribution >= 4 is 11.8 Å². The number of benzene rings is 1. The minimum Gasteiger partial charge on any atom is -0.365 e. The van der Waals surface area contributed by atoms with Crippen molar-refractivity contribution in [1.29, 1.82) is 0 Å². The summed E-state index contributed by atoms with van der Waals surface area (Å²) < 4.78 is 5.62. The molecule has 1 aliphatic heterocycles. The van der Waals surface area contributed by atoms with Crippen molar-refractivity contribution in [3.05, 3.63) is 54.4 Å². The molecule has 2 atom stereocenters. The topological polar surface area (TPSA) is 80.3 Å². The van der Waals surface area contributed by atoms with Crippen LogP contribution in [0.2, 0.25) is 0 Å². The minimum absolute atomic E-state index is 0.113. The molecule has 3 rings (SSSR count). The third-order valence-corrected chi connectivity index (χ3v) is 4.83. The van der Waals surface area contributed by atoms with Crippen LogP contribution >= 0.6 is 0 Å². The molecule has 148 valence electrons. The smallest absolute Gasteiger partial charge is 0.252 e. The van der Waals surface area contributed by atoms with E-state index in [1.165, 1.54) is 0 Å². The number of ether oxygens (including phenoxy) is 1. The number of amides is 2.